The summed E-state index contributed by atoms with van der Waals surface area (Å²) in [6, 6.07) is 0. The number of rotatable bonds is 10. The van der Waals surface area contributed by atoms with Gasteiger partial charge in [-0.2, -0.15) is 11.8 Å². The third-order valence-electron chi connectivity index (χ3n) is 3.24. The molecule has 0 atom stereocenters. The quantitative estimate of drug-likeness (QED) is 0.639. The lowest BCUT2D eigenvalue weighted by molar-refractivity contribution is -0.120. The summed E-state index contributed by atoms with van der Waals surface area (Å²) in [6.07, 6.45) is 4.40. The van der Waals surface area contributed by atoms with Gasteiger partial charge in [-0.15, -0.1) is 5.10 Å². The van der Waals surface area contributed by atoms with Crippen molar-refractivity contribution >= 4 is 17.7 Å². The van der Waals surface area contributed by atoms with Crippen LogP contribution in [0.2, 0.25) is 0 Å². The van der Waals surface area contributed by atoms with E-state index >= 15 is 0 Å². The van der Waals surface area contributed by atoms with Crippen LogP contribution in [0.15, 0.2) is 6.20 Å². The largest absolute Gasteiger partial charge is 0.369 e. The fraction of sp³-hybridized carbons (Fsp3) is 0.833. The van der Waals surface area contributed by atoms with E-state index < -0.39 is 0 Å². The highest BCUT2D eigenvalue weighted by atomic mass is 32.2. The van der Waals surface area contributed by atoms with Crippen LogP contribution in [0.1, 0.15) is 66.5 Å². The maximum absolute atomic E-state index is 11.8. The van der Waals surface area contributed by atoms with Crippen molar-refractivity contribution in [3.8, 4) is 0 Å². The first-order chi connectivity index (χ1) is 11.6. The van der Waals surface area contributed by atoms with Crippen molar-refractivity contribution in [2.24, 2.45) is 0 Å². The van der Waals surface area contributed by atoms with Gasteiger partial charge in [0.2, 0.25) is 5.91 Å². The molecule has 6 nitrogen and oxygen atoms in total. The number of nitrogens with zero attached hydrogens (tertiary/aromatic N) is 3. The molecule has 7 heteroatoms. The van der Waals surface area contributed by atoms with E-state index in [1.165, 1.54) is 0 Å². The Kier molecular flexibility index (Phi) is 8.93. The number of carbonyl (C=O) groups is 1. The number of amides is 1. The summed E-state index contributed by atoms with van der Waals surface area (Å²) in [6.45, 7) is 14.6. The highest BCUT2D eigenvalue weighted by Crippen LogP contribution is 2.23. The van der Waals surface area contributed by atoms with E-state index in [2.05, 4.69) is 36.4 Å². The number of ether oxygens (including phenoxy) is 1. The number of aromatic nitrogens is 3. The van der Waals surface area contributed by atoms with Crippen molar-refractivity contribution in [2.45, 2.75) is 84.3 Å². The number of aryl methyl sites for hydroxylation is 1. The van der Waals surface area contributed by atoms with Crippen LogP contribution in [0.4, 0.5) is 0 Å². The molecule has 1 rings (SSSR count). The van der Waals surface area contributed by atoms with Gasteiger partial charge in [-0.1, -0.05) is 26.0 Å². The zero-order valence-electron chi connectivity index (χ0n) is 16.6. The first-order valence-corrected chi connectivity index (χ1v) is 9.97. The molecule has 144 valence electrons. The Morgan fingerprint density at radius 2 is 1.96 bits per heavy atom. The molecule has 0 radical (unpaired) electrons. The number of hydrogen-bond donors (Lipinski definition) is 1. The van der Waals surface area contributed by atoms with E-state index in [0.717, 1.165) is 30.8 Å². The molecule has 0 unspecified atom stereocenters. The lowest BCUT2D eigenvalue weighted by Gasteiger charge is -2.18. The van der Waals surface area contributed by atoms with Crippen LogP contribution in [0, 0.1) is 0 Å². The van der Waals surface area contributed by atoms with Crippen molar-refractivity contribution in [3.05, 3.63) is 11.9 Å². The fourth-order valence-corrected chi connectivity index (χ4v) is 2.87. The van der Waals surface area contributed by atoms with E-state index in [4.69, 9.17) is 4.74 Å². The number of unbranched alkanes of at least 4 members (excludes halogenated alkanes) is 1. The summed E-state index contributed by atoms with van der Waals surface area (Å²) in [4.78, 5) is 11.8. The van der Waals surface area contributed by atoms with Crippen LogP contribution in [0.25, 0.3) is 0 Å². The highest BCUT2D eigenvalue weighted by molar-refractivity contribution is 8.00. The van der Waals surface area contributed by atoms with Crippen molar-refractivity contribution in [1.82, 2.24) is 20.3 Å². The zero-order valence-corrected chi connectivity index (χ0v) is 17.4. The molecule has 0 aromatic carbocycles. The first kappa shape index (κ1) is 22.0. The molecule has 0 aliphatic rings. The predicted molar refractivity (Wildman–Crippen MR) is 104 cm³/mol. The third-order valence-corrected chi connectivity index (χ3v) is 4.51. The molecule has 0 aliphatic heterocycles. The minimum atomic E-state index is -0.173. The van der Waals surface area contributed by atoms with E-state index in [-0.39, 0.29) is 16.3 Å². The lowest BCUT2D eigenvalue weighted by Crippen LogP contribution is -2.25. The predicted octanol–water partition coefficient (Wildman–Crippen LogP) is 3.41. The smallest absolute Gasteiger partial charge is 0.220 e. The normalized spacial score (nSPS) is 12.4. The molecule has 0 saturated carbocycles. The maximum Gasteiger partial charge on any atom is 0.220 e. The van der Waals surface area contributed by atoms with Gasteiger partial charge < -0.3 is 10.1 Å². The molecule has 0 aliphatic carbocycles. The number of nitrogens with one attached hydrogen (secondary N) is 1. The summed E-state index contributed by atoms with van der Waals surface area (Å²) < 4.78 is 7.74. The van der Waals surface area contributed by atoms with Gasteiger partial charge in [0.05, 0.1) is 18.4 Å². The second-order valence-corrected chi connectivity index (χ2v) is 10.1. The van der Waals surface area contributed by atoms with E-state index in [9.17, 15) is 4.79 Å². The average molecular weight is 371 g/mol. The molecule has 1 N–H and O–H groups in total. The topological polar surface area (TPSA) is 69.0 Å². The van der Waals surface area contributed by atoms with Crippen LogP contribution in [-0.4, -0.2) is 43.5 Å². The Labute approximate surface area is 156 Å². The van der Waals surface area contributed by atoms with E-state index in [0.29, 0.717) is 19.6 Å². The van der Waals surface area contributed by atoms with Gasteiger partial charge in [0.25, 0.3) is 0 Å². The molecular formula is C18H34N4O2S. The van der Waals surface area contributed by atoms with Crippen LogP contribution < -0.4 is 5.32 Å². The monoisotopic (exact) mass is 370 g/mol. The number of thioether (sulfide) groups is 1. The summed E-state index contributed by atoms with van der Waals surface area (Å²) in [5.41, 5.74) is 0.674. The van der Waals surface area contributed by atoms with Gasteiger partial charge in [0.15, 0.2) is 0 Å². The molecule has 0 bridgehead atoms. The van der Waals surface area contributed by atoms with Crippen molar-refractivity contribution < 1.29 is 9.53 Å². The second kappa shape index (κ2) is 10.2. The van der Waals surface area contributed by atoms with Crippen LogP contribution in [0.5, 0.6) is 0 Å². The standard InChI is InChI=1S/C18H34N4O2S/c1-17(2,3)24-14-15-13-22(21-20-15)11-8-7-10-19-16(23)9-12-25-18(4,5)6/h13H,7-12,14H2,1-6H3,(H,19,23). The van der Waals surface area contributed by atoms with Gasteiger partial charge in [-0.3, -0.25) is 9.48 Å². The number of carbonyl (C=O) groups excluding carboxylic acids is 1. The fourth-order valence-electron chi connectivity index (χ4n) is 1.97. The zero-order chi connectivity index (χ0) is 18.9. The molecule has 1 heterocycles. The summed E-state index contributed by atoms with van der Waals surface area (Å²) in [5, 5.41) is 11.2. The van der Waals surface area contributed by atoms with Gasteiger partial charge in [-0.05, 0) is 33.6 Å². The van der Waals surface area contributed by atoms with Crippen LogP contribution >= 0.6 is 11.8 Å². The van der Waals surface area contributed by atoms with Gasteiger partial charge >= 0.3 is 0 Å². The second-order valence-electron chi connectivity index (χ2n) is 8.14. The van der Waals surface area contributed by atoms with Crippen molar-refractivity contribution in [1.29, 1.82) is 0 Å². The summed E-state index contributed by atoms with van der Waals surface area (Å²) in [7, 11) is 0. The molecule has 0 saturated heterocycles. The molecule has 1 aromatic rings. The van der Waals surface area contributed by atoms with E-state index in [1.54, 1.807) is 0 Å². The Hall–Kier alpha value is -1.08. The lowest BCUT2D eigenvalue weighted by atomic mass is 10.2. The molecule has 1 aromatic heterocycles. The van der Waals surface area contributed by atoms with Crippen LogP contribution in [-0.2, 0) is 22.7 Å². The first-order valence-electron chi connectivity index (χ1n) is 8.99. The van der Waals surface area contributed by atoms with E-state index in [1.807, 2.05) is 43.4 Å². The molecule has 1 amide bonds. The number of hydrogen-bond acceptors (Lipinski definition) is 5. The van der Waals surface area contributed by atoms with Crippen molar-refractivity contribution in [3.63, 3.8) is 0 Å². The molecule has 25 heavy (non-hydrogen) atoms. The Morgan fingerprint density at radius 3 is 2.60 bits per heavy atom. The SMILES string of the molecule is CC(C)(C)OCc1cn(CCCCNC(=O)CCSC(C)(C)C)nn1. The minimum absolute atomic E-state index is 0.138. The van der Waals surface area contributed by atoms with Crippen molar-refractivity contribution in [2.75, 3.05) is 12.3 Å². The average Bonchev–Trinajstić information content (AvgIpc) is 2.90. The molecule has 0 fully saturated rings. The Balaban J connectivity index is 2.10. The van der Waals surface area contributed by atoms with Gasteiger partial charge in [0.1, 0.15) is 5.69 Å². The molecule has 0 spiro atoms. The Bertz CT molecular complexity index is 518. The van der Waals surface area contributed by atoms with Crippen LogP contribution in [0.3, 0.4) is 0 Å². The highest BCUT2D eigenvalue weighted by Gasteiger charge is 2.12. The molecular weight excluding hydrogens is 336 g/mol. The summed E-state index contributed by atoms with van der Waals surface area (Å²) >= 11 is 1.82. The third kappa shape index (κ3) is 12.0. The van der Waals surface area contributed by atoms with Gasteiger partial charge in [-0.25, -0.2) is 0 Å². The minimum Gasteiger partial charge on any atom is -0.369 e. The van der Waals surface area contributed by atoms with Gasteiger partial charge in [0, 0.05) is 30.0 Å². The Morgan fingerprint density at radius 1 is 1.24 bits per heavy atom. The maximum atomic E-state index is 11.8. The summed E-state index contributed by atoms with van der Waals surface area (Å²) in [5.74, 6) is 1.01.